The van der Waals surface area contributed by atoms with E-state index in [0.29, 0.717) is 0 Å². The van der Waals surface area contributed by atoms with Gasteiger partial charge in [-0.2, -0.15) is 0 Å². The Bertz CT molecular complexity index is 674. The van der Waals surface area contributed by atoms with E-state index in [1.807, 2.05) is 18.2 Å². The summed E-state index contributed by atoms with van der Waals surface area (Å²) in [5.74, 6) is 2.01. The van der Waals surface area contributed by atoms with E-state index >= 15 is 0 Å². The van der Waals surface area contributed by atoms with Crippen LogP contribution in [0.5, 0.6) is 0 Å². The van der Waals surface area contributed by atoms with E-state index in [0.717, 1.165) is 37.5 Å². The molecule has 2 heterocycles. The molecule has 2 aromatic heterocycles. The third-order valence-electron chi connectivity index (χ3n) is 4.29. The summed E-state index contributed by atoms with van der Waals surface area (Å²) in [6.07, 6.45) is 5.42. The fourth-order valence-corrected chi connectivity index (χ4v) is 2.96. The predicted octanol–water partition coefficient (Wildman–Crippen LogP) is 4.55. The fourth-order valence-electron chi connectivity index (χ4n) is 2.96. The van der Waals surface area contributed by atoms with E-state index in [4.69, 9.17) is 8.83 Å². The van der Waals surface area contributed by atoms with E-state index in [9.17, 15) is 0 Å². The van der Waals surface area contributed by atoms with Gasteiger partial charge in [-0.1, -0.05) is 37.3 Å². The lowest BCUT2D eigenvalue weighted by Gasteiger charge is -2.28. The summed E-state index contributed by atoms with van der Waals surface area (Å²) in [6.45, 7) is 3.94. The van der Waals surface area contributed by atoms with E-state index in [1.165, 1.54) is 5.56 Å². The van der Waals surface area contributed by atoms with Gasteiger partial charge in [0, 0.05) is 5.41 Å². The van der Waals surface area contributed by atoms with Crippen LogP contribution in [0.25, 0.3) is 0 Å². The molecule has 1 N–H and O–H groups in total. The molecule has 0 radical (unpaired) electrons. The van der Waals surface area contributed by atoms with Gasteiger partial charge < -0.3 is 14.2 Å². The Hall–Kier alpha value is -2.26. The molecule has 3 aromatic rings. The number of hydrogen-bond donors (Lipinski definition) is 1. The molecule has 1 aromatic carbocycles. The molecule has 3 nitrogen and oxygen atoms in total. The highest BCUT2D eigenvalue weighted by atomic mass is 16.3. The quantitative estimate of drug-likeness (QED) is 0.620. The summed E-state index contributed by atoms with van der Waals surface area (Å²) < 4.78 is 11.1. The number of hydrogen-bond acceptors (Lipinski definition) is 3. The van der Waals surface area contributed by atoms with Gasteiger partial charge in [0.1, 0.15) is 11.5 Å². The van der Waals surface area contributed by atoms with E-state index < -0.39 is 0 Å². The summed E-state index contributed by atoms with van der Waals surface area (Å²) in [6, 6.07) is 18.5. The Morgan fingerprint density at radius 2 is 1.70 bits per heavy atom. The number of furan rings is 2. The summed E-state index contributed by atoms with van der Waals surface area (Å²) in [4.78, 5) is 0. The maximum Gasteiger partial charge on any atom is 0.117 e. The molecule has 0 fully saturated rings. The minimum absolute atomic E-state index is 0.0268. The summed E-state index contributed by atoms with van der Waals surface area (Å²) in [5, 5.41) is 3.46. The van der Waals surface area contributed by atoms with Crippen LogP contribution < -0.4 is 5.32 Å². The molecule has 1 atom stereocenters. The van der Waals surface area contributed by atoms with Crippen LogP contribution in [0.15, 0.2) is 76.0 Å². The van der Waals surface area contributed by atoms with Crippen molar-refractivity contribution in [1.82, 2.24) is 5.32 Å². The maximum atomic E-state index is 5.73. The first kappa shape index (κ1) is 15.6. The van der Waals surface area contributed by atoms with Crippen molar-refractivity contribution in [1.29, 1.82) is 0 Å². The van der Waals surface area contributed by atoms with E-state index in [-0.39, 0.29) is 5.41 Å². The Morgan fingerprint density at radius 3 is 2.39 bits per heavy atom. The normalized spacial score (nSPS) is 13.8. The summed E-state index contributed by atoms with van der Waals surface area (Å²) in [5.41, 5.74) is 1.30. The smallest absolute Gasteiger partial charge is 0.117 e. The zero-order chi connectivity index (χ0) is 16.0. The zero-order valence-corrected chi connectivity index (χ0v) is 13.5. The SMILES string of the molecule is C[C@](CCNCc1ccco1)(Cc1ccccc1)c1ccco1. The van der Waals surface area contributed by atoms with E-state index in [2.05, 4.69) is 48.6 Å². The van der Waals surface area contributed by atoms with Crippen molar-refractivity contribution in [2.24, 2.45) is 0 Å². The number of rotatable bonds is 8. The number of benzene rings is 1. The average Bonchev–Trinajstić information content (AvgIpc) is 3.26. The van der Waals surface area contributed by atoms with Crippen LogP contribution in [0, 0.1) is 0 Å². The van der Waals surface area contributed by atoms with Crippen LogP contribution in [0.4, 0.5) is 0 Å². The van der Waals surface area contributed by atoms with Gasteiger partial charge in [0.05, 0.1) is 19.1 Å². The maximum absolute atomic E-state index is 5.73. The molecule has 3 heteroatoms. The molecule has 23 heavy (non-hydrogen) atoms. The molecule has 0 spiro atoms. The fraction of sp³-hybridized carbons (Fsp3) is 0.300. The van der Waals surface area contributed by atoms with Crippen molar-refractivity contribution in [3.8, 4) is 0 Å². The van der Waals surface area contributed by atoms with Gasteiger partial charge in [-0.3, -0.25) is 0 Å². The van der Waals surface area contributed by atoms with Gasteiger partial charge >= 0.3 is 0 Å². The molecule has 0 saturated heterocycles. The topological polar surface area (TPSA) is 38.3 Å². The van der Waals surface area contributed by atoms with Crippen LogP contribution in [0.1, 0.15) is 30.4 Å². The molecule has 0 saturated carbocycles. The lowest BCUT2D eigenvalue weighted by atomic mass is 9.78. The highest BCUT2D eigenvalue weighted by Gasteiger charge is 2.29. The van der Waals surface area contributed by atoms with Crippen LogP contribution in [0.2, 0.25) is 0 Å². The monoisotopic (exact) mass is 309 g/mol. The predicted molar refractivity (Wildman–Crippen MR) is 91.2 cm³/mol. The first-order chi connectivity index (χ1) is 11.3. The molecule has 3 rings (SSSR count). The standard InChI is InChI=1S/C20H23NO2/c1-20(19-10-6-14-23-19,15-17-7-3-2-4-8-17)11-12-21-16-18-9-5-13-22-18/h2-10,13-14,21H,11-12,15-16H2,1H3/t20-/m0/s1. The van der Waals surface area contributed by atoms with Gasteiger partial charge in [-0.25, -0.2) is 0 Å². The Kier molecular flexibility index (Phi) is 4.99. The number of nitrogens with one attached hydrogen (secondary N) is 1. The molecule has 0 bridgehead atoms. The van der Waals surface area contributed by atoms with Crippen LogP contribution in [-0.2, 0) is 18.4 Å². The molecule has 0 aliphatic heterocycles. The minimum Gasteiger partial charge on any atom is -0.469 e. The molecule has 120 valence electrons. The molecule has 0 amide bonds. The van der Waals surface area contributed by atoms with Crippen LogP contribution >= 0.6 is 0 Å². The second kappa shape index (κ2) is 7.34. The Balaban J connectivity index is 1.63. The lowest BCUT2D eigenvalue weighted by molar-refractivity contribution is 0.328. The molecule has 0 aliphatic rings. The van der Waals surface area contributed by atoms with E-state index in [1.54, 1.807) is 12.5 Å². The van der Waals surface area contributed by atoms with Gasteiger partial charge in [0.25, 0.3) is 0 Å². The minimum atomic E-state index is -0.0268. The van der Waals surface area contributed by atoms with Crippen LogP contribution in [-0.4, -0.2) is 6.54 Å². The average molecular weight is 309 g/mol. The highest BCUT2D eigenvalue weighted by molar-refractivity contribution is 5.22. The Morgan fingerprint density at radius 1 is 0.913 bits per heavy atom. The van der Waals surface area contributed by atoms with Gasteiger partial charge in [-0.15, -0.1) is 0 Å². The second-order valence-electron chi connectivity index (χ2n) is 6.21. The second-order valence-corrected chi connectivity index (χ2v) is 6.21. The van der Waals surface area contributed by atoms with Crippen LogP contribution in [0.3, 0.4) is 0 Å². The highest BCUT2D eigenvalue weighted by Crippen LogP contribution is 2.31. The summed E-state index contributed by atoms with van der Waals surface area (Å²) >= 11 is 0. The molecular formula is C20H23NO2. The third kappa shape index (κ3) is 4.14. The lowest BCUT2D eigenvalue weighted by Crippen LogP contribution is -2.30. The summed E-state index contributed by atoms with van der Waals surface area (Å²) in [7, 11) is 0. The zero-order valence-electron chi connectivity index (χ0n) is 13.5. The third-order valence-corrected chi connectivity index (χ3v) is 4.29. The molecular weight excluding hydrogens is 286 g/mol. The van der Waals surface area contributed by atoms with Crippen molar-refractivity contribution in [2.75, 3.05) is 6.54 Å². The largest absolute Gasteiger partial charge is 0.469 e. The van der Waals surface area contributed by atoms with Crippen molar-refractivity contribution >= 4 is 0 Å². The molecule has 0 aliphatic carbocycles. The van der Waals surface area contributed by atoms with Crippen molar-refractivity contribution in [3.63, 3.8) is 0 Å². The first-order valence-corrected chi connectivity index (χ1v) is 8.07. The Labute approximate surface area is 137 Å². The van der Waals surface area contributed by atoms with Crippen molar-refractivity contribution in [3.05, 3.63) is 84.2 Å². The van der Waals surface area contributed by atoms with Gasteiger partial charge in [0.2, 0.25) is 0 Å². The molecule has 0 unspecified atom stereocenters. The van der Waals surface area contributed by atoms with Gasteiger partial charge in [-0.05, 0) is 49.2 Å². The first-order valence-electron chi connectivity index (χ1n) is 8.07. The van der Waals surface area contributed by atoms with Gasteiger partial charge in [0.15, 0.2) is 0 Å². The van der Waals surface area contributed by atoms with Crippen molar-refractivity contribution in [2.45, 2.75) is 31.7 Å². The van der Waals surface area contributed by atoms with Crippen molar-refractivity contribution < 1.29 is 8.83 Å².